The van der Waals surface area contributed by atoms with E-state index in [0.29, 0.717) is 17.9 Å². The fraction of sp³-hybridized carbons (Fsp3) is 0.824. The van der Waals surface area contributed by atoms with Crippen molar-refractivity contribution in [3.8, 4) is 0 Å². The molecule has 4 rings (SSSR count). The van der Waals surface area contributed by atoms with Gasteiger partial charge >= 0.3 is 0 Å². The van der Waals surface area contributed by atoms with Gasteiger partial charge in [-0.3, -0.25) is 14.6 Å². The van der Waals surface area contributed by atoms with Crippen molar-refractivity contribution in [2.24, 2.45) is 5.92 Å². The first-order valence-corrected chi connectivity index (χ1v) is 9.14. The highest BCUT2D eigenvalue weighted by atomic mass is 16.5. The molecule has 2 atom stereocenters. The molecule has 24 heavy (non-hydrogen) atoms. The Morgan fingerprint density at radius 1 is 1.21 bits per heavy atom. The van der Waals surface area contributed by atoms with Gasteiger partial charge in [0.05, 0.1) is 6.54 Å². The lowest BCUT2D eigenvalue weighted by Gasteiger charge is -2.39. The molecule has 1 aromatic heterocycles. The van der Waals surface area contributed by atoms with Gasteiger partial charge < -0.3 is 9.42 Å². The predicted octanol–water partition coefficient (Wildman–Crippen LogP) is 0.931. The van der Waals surface area contributed by atoms with Crippen molar-refractivity contribution in [3.05, 3.63) is 11.7 Å². The number of aromatic nitrogens is 2. The zero-order valence-corrected chi connectivity index (χ0v) is 14.6. The van der Waals surface area contributed by atoms with Crippen molar-refractivity contribution < 1.29 is 9.32 Å². The number of rotatable bonds is 4. The molecule has 1 saturated carbocycles. The van der Waals surface area contributed by atoms with Crippen LogP contribution in [0.5, 0.6) is 0 Å². The van der Waals surface area contributed by atoms with E-state index in [4.69, 9.17) is 4.52 Å². The van der Waals surface area contributed by atoms with Crippen molar-refractivity contribution >= 4 is 5.91 Å². The Morgan fingerprint density at radius 3 is 2.62 bits per heavy atom. The molecular formula is C17H27N5O2. The smallest absolute Gasteiger partial charge is 0.240 e. The van der Waals surface area contributed by atoms with Gasteiger partial charge in [0.15, 0.2) is 5.82 Å². The van der Waals surface area contributed by atoms with E-state index in [1.807, 2.05) is 4.90 Å². The van der Waals surface area contributed by atoms with Crippen molar-refractivity contribution in [3.63, 3.8) is 0 Å². The SMILES string of the molecule is CC(=O)N1CCN([C@H]2CN(Cc3nc(C4CC4)no3)C[C@@H]2C)CC1. The zero-order valence-electron chi connectivity index (χ0n) is 14.6. The molecule has 1 amide bonds. The van der Waals surface area contributed by atoms with Crippen molar-refractivity contribution in [1.29, 1.82) is 0 Å². The molecule has 2 aliphatic heterocycles. The second-order valence-electron chi connectivity index (χ2n) is 7.60. The number of likely N-dealkylation sites (tertiary alicyclic amines) is 1. The summed E-state index contributed by atoms with van der Waals surface area (Å²) in [6.45, 7) is 10.5. The molecule has 0 radical (unpaired) electrons. The summed E-state index contributed by atoms with van der Waals surface area (Å²) >= 11 is 0. The van der Waals surface area contributed by atoms with E-state index in [1.165, 1.54) is 12.8 Å². The molecule has 3 heterocycles. The minimum atomic E-state index is 0.193. The lowest BCUT2D eigenvalue weighted by Crippen LogP contribution is -2.53. The molecule has 1 aliphatic carbocycles. The standard InChI is InChI=1S/C17H27N5O2/c1-12-9-20(11-16-18-17(19-24-16)14-3-4-14)10-15(12)22-7-5-21(6-8-22)13(2)23/h12,14-15H,3-11H2,1-2H3/t12-,15-/m0/s1. The summed E-state index contributed by atoms with van der Waals surface area (Å²) in [5.41, 5.74) is 0. The van der Waals surface area contributed by atoms with E-state index >= 15 is 0 Å². The summed E-state index contributed by atoms with van der Waals surface area (Å²) < 4.78 is 5.42. The largest absolute Gasteiger partial charge is 0.340 e. The monoisotopic (exact) mass is 333 g/mol. The van der Waals surface area contributed by atoms with Crippen molar-refractivity contribution in [2.75, 3.05) is 39.3 Å². The Bertz CT molecular complexity index is 592. The van der Waals surface area contributed by atoms with E-state index in [-0.39, 0.29) is 5.91 Å². The number of carbonyl (C=O) groups excluding carboxylic acids is 1. The van der Waals surface area contributed by atoms with Crippen LogP contribution in [0.1, 0.15) is 44.3 Å². The van der Waals surface area contributed by atoms with E-state index in [1.54, 1.807) is 6.92 Å². The third-order valence-electron chi connectivity index (χ3n) is 5.66. The highest BCUT2D eigenvalue weighted by molar-refractivity contribution is 5.73. The quantitative estimate of drug-likeness (QED) is 0.817. The van der Waals surface area contributed by atoms with Crippen LogP contribution in [0.4, 0.5) is 0 Å². The Hall–Kier alpha value is -1.47. The summed E-state index contributed by atoms with van der Waals surface area (Å²) in [5.74, 6) is 3.02. The van der Waals surface area contributed by atoms with Gasteiger partial charge in [0.2, 0.25) is 11.8 Å². The zero-order chi connectivity index (χ0) is 16.7. The van der Waals surface area contributed by atoms with Crippen LogP contribution in [0.2, 0.25) is 0 Å². The normalized spacial score (nSPS) is 29.3. The van der Waals surface area contributed by atoms with Crippen LogP contribution in [-0.2, 0) is 11.3 Å². The van der Waals surface area contributed by atoms with Crippen LogP contribution in [0.3, 0.4) is 0 Å². The van der Waals surface area contributed by atoms with Gasteiger partial charge in [0, 0.05) is 58.2 Å². The summed E-state index contributed by atoms with van der Waals surface area (Å²) in [6, 6.07) is 0.560. The third-order valence-corrected chi connectivity index (χ3v) is 5.66. The van der Waals surface area contributed by atoms with Crippen LogP contribution in [0.15, 0.2) is 4.52 Å². The molecule has 0 unspecified atom stereocenters. The first-order valence-electron chi connectivity index (χ1n) is 9.14. The molecule has 2 saturated heterocycles. The molecule has 0 bridgehead atoms. The fourth-order valence-corrected chi connectivity index (χ4v) is 4.05. The number of hydrogen-bond donors (Lipinski definition) is 0. The van der Waals surface area contributed by atoms with Gasteiger partial charge in [-0.05, 0) is 18.8 Å². The third kappa shape index (κ3) is 3.32. The van der Waals surface area contributed by atoms with Crippen LogP contribution < -0.4 is 0 Å². The molecule has 3 fully saturated rings. The van der Waals surface area contributed by atoms with Gasteiger partial charge in [-0.25, -0.2) is 0 Å². The lowest BCUT2D eigenvalue weighted by molar-refractivity contribution is -0.130. The second-order valence-corrected chi connectivity index (χ2v) is 7.60. The van der Waals surface area contributed by atoms with Gasteiger partial charge in [0.1, 0.15) is 0 Å². The Kier molecular flexibility index (Phi) is 4.30. The van der Waals surface area contributed by atoms with E-state index in [9.17, 15) is 4.79 Å². The molecule has 0 aromatic carbocycles. The molecular weight excluding hydrogens is 306 g/mol. The first kappa shape index (κ1) is 16.0. The van der Waals surface area contributed by atoms with Gasteiger partial charge in [-0.2, -0.15) is 4.98 Å². The minimum Gasteiger partial charge on any atom is -0.340 e. The van der Waals surface area contributed by atoms with E-state index in [2.05, 4.69) is 26.9 Å². The van der Waals surface area contributed by atoms with Crippen LogP contribution >= 0.6 is 0 Å². The average molecular weight is 333 g/mol. The van der Waals surface area contributed by atoms with E-state index in [0.717, 1.165) is 57.5 Å². The topological polar surface area (TPSA) is 65.7 Å². The maximum atomic E-state index is 11.5. The first-order chi connectivity index (χ1) is 11.6. The number of carbonyl (C=O) groups is 1. The molecule has 132 valence electrons. The number of piperazine rings is 1. The summed E-state index contributed by atoms with van der Waals surface area (Å²) in [5, 5.41) is 4.11. The molecule has 0 N–H and O–H groups in total. The summed E-state index contributed by atoms with van der Waals surface area (Å²) in [7, 11) is 0. The highest BCUT2D eigenvalue weighted by Crippen LogP contribution is 2.38. The number of nitrogens with zero attached hydrogens (tertiary/aromatic N) is 5. The molecule has 7 heteroatoms. The molecule has 0 spiro atoms. The maximum Gasteiger partial charge on any atom is 0.240 e. The minimum absolute atomic E-state index is 0.193. The maximum absolute atomic E-state index is 11.5. The Balaban J connectivity index is 1.31. The van der Waals surface area contributed by atoms with Gasteiger partial charge in [-0.15, -0.1) is 0 Å². The van der Waals surface area contributed by atoms with Crippen LogP contribution in [0.25, 0.3) is 0 Å². The lowest BCUT2D eigenvalue weighted by atomic mass is 10.0. The van der Waals surface area contributed by atoms with Crippen molar-refractivity contribution in [1.82, 2.24) is 24.8 Å². The number of hydrogen-bond acceptors (Lipinski definition) is 6. The highest BCUT2D eigenvalue weighted by Gasteiger charge is 2.36. The summed E-state index contributed by atoms with van der Waals surface area (Å²) in [6.07, 6.45) is 2.40. The van der Waals surface area contributed by atoms with Crippen LogP contribution in [0, 0.1) is 5.92 Å². The van der Waals surface area contributed by atoms with Crippen LogP contribution in [-0.4, -0.2) is 76.1 Å². The average Bonchev–Trinajstić information content (AvgIpc) is 3.21. The Labute approximate surface area is 143 Å². The fourth-order valence-electron chi connectivity index (χ4n) is 4.05. The van der Waals surface area contributed by atoms with Crippen molar-refractivity contribution in [2.45, 2.75) is 45.2 Å². The molecule has 3 aliphatic rings. The van der Waals surface area contributed by atoms with Gasteiger partial charge in [0.25, 0.3) is 0 Å². The summed E-state index contributed by atoms with van der Waals surface area (Å²) in [4.78, 5) is 23.0. The molecule has 7 nitrogen and oxygen atoms in total. The number of amides is 1. The Morgan fingerprint density at radius 2 is 1.96 bits per heavy atom. The second kappa shape index (κ2) is 6.44. The molecule has 1 aromatic rings. The van der Waals surface area contributed by atoms with Gasteiger partial charge in [-0.1, -0.05) is 12.1 Å². The predicted molar refractivity (Wildman–Crippen MR) is 88.3 cm³/mol. The van der Waals surface area contributed by atoms with E-state index < -0.39 is 0 Å².